The zero-order chi connectivity index (χ0) is 27.7. The van der Waals surface area contributed by atoms with E-state index in [0.717, 1.165) is 11.6 Å². The Morgan fingerprint density at radius 2 is 1.89 bits per heavy atom. The first kappa shape index (κ1) is 27.4. The molecule has 198 valence electrons. The number of alkyl halides is 1. The van der Waals surface area contributed by atoms with Crippen LogP contribution in [0.2, 0.25) is 0 Å². The van der Waals surface area contributed by atoms with E-state index >= 15 is 0 Å². The lowest BCUT2D eigenvalue weighted by atomic mass is 10.0. The van der Waals surface area contributed by atoms with E-state index in [1.165, 1.54) is 30.6 Å². The summed E-state index contributed by atoms with van der Waals surface area (Å²) in [6.45, 7) is 0.193. The number of nitrogens with one attached hydrogen (secondary N) is 3. The number of hydrogen-bond donors (Lipinski definition) is 5. The van der Waals surface area contributed by atoms with Crippen LogP contribution in [0.3, 0.4) is 0 Å². The Bertz CT molecular complexity index is 1440. The van der Waals surface area contributed by atoms with Crippen LogP contribution in [0, 0.1) is 11.2 Å². The number of H-pyrrole nitrogens is 1. The van der Waals surface area contributed by atoms with Crippen molar-refractivity contribution in [3.8, 4) is 11.7 Å². The molecule has 14 heteroatoms. The maximum atomic E-state index is 15.0. The molecule has 0 radical (unpaired) electrons. The molecule has 38 heavy (non-hydrogen) atoms. The molecule has 0 bridgehead atoms. The molecule has 1 atom stereocenters. The van der Waals surface area contributed by atoms with Crippen LogP contribution in [0.1, 0.15) is 29.9 Å². The lowest BCUT2D eigenvalue weighted by Gasteiger charge is -2.20. The van der Waals surface area contributed by atoms with Gasteiger partial charge in [0.15, 0.2) is 5.82 Å². The number of aromatic amines is 1. The van der Waals surface area contributed by atoms with E-state index in [1.807, 2.05) is 0 Å². The molecule has 2 aromatic heterocycles. The number of halogens is 2. The molecule has 6 N–H and O–H groups in total. The van der Waals surface area contributed by atoms with E-state index in [1.54, 1.807) is 30.3 Å². The fourth-order valence-corrected chi connectivity index (χ4v) is 3.20. The summed E-state index contributed by atoms with van der Waals surface area (Å²) < 4.78 is 33.8. The second-order valence-corrected chi connectivity index (χ2v) is 7.58. The Morgan fingerprint density at radius 3 is 2.50 bits per heavy atom. The van der Waals surface area contributed by atoms with Crippen LogP contribution in [0.4, 0.5) is 14.5 Å². The summed E-state index contributed by atoms with van der Waals surface area (Å²) in [5, 5.41) is 22.3. The fraction of sp³-hybridized carbons (Fsp3) is 0.167. The van der Waals surface area contributed by atoms with Gasteiger partial charge >= 0.3 is 5.69 Å². The Morgan fingerprint density at radius 1 is 1.24 bits per heavy atom. The third-order valence-electron chi connectivity index (χ3n) is 4.78. The van der Waals surface area contributed by atoms with Crippen molar-refractivity contribution in [3.63, 3.8) is 0 Å². The minimum atomic E-state index is -0.977. The van der Waals surface area contributed by atoms with Crippen LogP contribution in [0.5, 0.6) is 5.75 Å². The summed E-state index contributed by atoms with van der Waals surface area (Å²) in [6.07, 6.45) is 2.92. The maximum Gasteiger partial charge on any atom is 0.350 e. The molecule has 0 amide bonds. The highest BCUT2D eigenvalue weighted by Gasteiger charge is 2.24. The predicted molar refractivity (Wildman–Crippen MR) is 134 cm³/mol. The first-order valence-corrected chi connectivity index (χ1v) is 11.0. The van der Waals surface area contributed by atoms with Gasteiger partial charge in [0.05, 0.1) is 0 Å². The van der Waals surface area contributed by atoms with E-state index in [-0.39, 0.29) is 35.5 Å². The van der Waals surface area contributed by atoms with Gasteiger partial charge in [0.2, 0.25) is 0 Å². The minimum Gasteiger partial charge on any atom is -0.491 e. The number of carbonyl (C=O) groups is 1. The summed E-state index contributed by atoms with van der Waals surface area (Å²) in [7, 11) is 0. The highest BCUT2D eigenvalue weighted by Crippen LogP contribution is 2.29. The molecule has 0 aliphatic heterocycles. The van der Waals surface area contributed by atoms with Crippen molar-refractivity contribution < 1.29 is 23.4 Å². The zero-order valence-corrected chi connectivity index (χ0v) is 20.1. The normalized spacial score (nSPS) is 11.1. The third kappa shape index (κ3) is 7.19. The third-order valence-corrected chi connectivity index (χ3v) is 4.78. The average Bonchev–Trinajstić information content (AvgIpc) is 3.28. The second-order valence-electron chi connectivity index (χ2n) is 7.58. The molecule has 2 heterocycles. The van der Waals surface area contributed by atoms with E-state index in [0.29, 0.717) is 11.3 Å². The Hall–Kier alpha value is -5.14. The molecule has 1 unspecified atom stereocenters. The van der Waals surface area contributed by atoms with Crippen molar-refractivity contribution in [2.24, 2.45) is 5.73 Å². The molecule has 0 aliphatic carbocycles. The number of rotatable bonds is 9. The molecule has 12 nitrogen and oxygen atoms in total. The average molecular weight is 527 g/mol. The number of nitrogens with two attached hydrogens (primary N) is 1. The summed E-state index contributed by atoms with van der Waals surface area (Å²) in [4.78, 5) is 32.2. The first-order valence-electron chi connectivity index (χ1n) is 11.0. The Labute approximate surface area is 214 Å². The molecule has 4 rings (SSSR count). The summed E-state index contributed by atoms with van der Waals surface area (Å²) in [5.74, 6) is -1.16. The van der Waals surface area contributed by atoms with Crippen molar-refractivity contribution in [1.82, 2.24) is 24.7 Å². The largest absolute Gasteiger partial charge is 0.491 e. The number of carboxylic acids is 1. The molecule has 0 saturated heterocycles. The quantitative estimate of drug-likeness (QED) is 0.161. The van der Waals surface area contributed by atoms with E-state index < -0.39 is 30.2 Å². The Kier molecular flexibility index (Phi) is 9.18. The molecule has 2 aromatic carbocycles. The van der Waals surface area contributed by atoms with Crippen LogP contribution < -0.4 is 21.5 Å². The monoisotopic (exact) mass is 526 g/mol. The van der Waals surface area contributed by atoms with Gasteiger partial charge in [-0.25, -0.2) is 23.5 Å². The summed E-state index contributed by atoms with van der Waals surface area (Å²) in [5.41, 5.74) is 6.03. The highest BCUT2D eigenvalue weighted by molar-refractivity contribution is 5.95. The number of ether oxygens (including phenoxy) is 1. The number of nitrogen functional groups attached to an aromatic ring is 1. The lowest BCUT2D eigenvalue weighted by molar-refractivity contribution is -0.134. The number of carboxylic acid groups (broad SMARTS) is 1. The molecule has 0 aliphatic rings. The van der Waals surface area contributed by atoms with E-state index in [2.05, 4.69) is 25.4 Å². The van der Waals surface area contributed by atoms with Crippen LogP contribution in [0.25, 0.3) is 5.95 Å². The van der Waals surface area contributed by atoms with Gasteiger partial charge in [0, 0.05) is 36.1 Å². The molecular formula is C24H24F2N8O4. The van der Waals surface area contributed by atoms with E-state index in [4.69, 9.17) is 25.8 Å². The van der Waals surface area contributed by atoms with Crippen LogP contribution in [-0.4, -0.2) is 54.9 Å². The van der Waals surface area contributed by atoms with Gasteiger partial charge < -0.3 is 20.9 Å². The van der Waals surface area contributed by atoms with Crippen LogP contribution in [0.15, 0.2) is 65.7 Å². The number of nitrogens with zero attached hydrogens (tertiary/aromatic N) is 4. The van der Waals surface area contributed by atoms with Gasteiger partial charge in [-0.1, -0.05) is 0 Å². The first-order chi connectivity index (χ1) is 18.2. The van der Waals surface area contributed by atoms with Gasteiger partial charge in [-0.3, -0.25) is 15.2 Å². The minimum absolute atomic E-state index is 0.0417. The number of anilines is 1. The zero-order valence-electron chi connectivity index (χ0n) is 20.1. The predicted octanol–water partition coefficient (Wildman–Crippen LogP) is 2.41. The van der Waals surface area contributed by atoms with Crippen molar-refractivity contribution in [3.05, 3.63) is 94.2 Å². The van der Waals surface area contributed by atoms with Gasteiger partial charge in [0.25, 0.3) is 11.9 Å². The number of aliphatic carboxylic acids is 1. The molecular weight excluding hydrogens is 502 g/mol. The highest BCUT2D eigenvalue weighted by atomic mass is 19.1. The number of hydrogen-bond acceptors (Lipinski definition) is 8. The molecule has 0 saturated carbocycles. The van der Waals surface area contributed by atoms with Crippen LogP contribution in [-0.2, 0) is 4.79 Å². The van der Waals surface area contributed by atoms with E-state index in [9.17, 15) is 13.6 Å². The lowest BCUT2D eigenvalue weighted by Crippen LogP contribution is -2.18. The van der Waals surface area contributed by atoms with Crippen molar-refractivity contribution in [1.29, 1.82) is 5.41 Å². The maximum absolute atomic E-state index is 15.0. The molecule has 0 spiro atoms. The summed E-state index contributed by atoms with van der Waals surface area (Å²) in [6, 6.07) is 11.1. The Balaban J connectivity index is 0.000000934. The van der Waals surface area contributed by atoms with Crippen molar-refractivity contribution >= 4 is 17.5 Å². The molecule has 4 aromatic rings. The smallest absolute Gasteiger partial charge is 0.350 e. The molecule has 0 fully saturated rings. The number of amidine groups is 1. The summed E-state index contributed by atoms with van der Waals surface area (Å²) >= 11 is 0. The van der Waals surface area contributed by atoms with Gasteiger partial charge in [-0.05, 0) is 48.5 Å². The standard InChI is InChI=1S/C22H20F2N8O2.C2H4O2/c23-8-11-34-15-6-7-17(24)16(12-15)18(29-14-4-2-13(3-5-14)19(25)26)20-30-22(33)32(31-20)21-27-9-1-10-28-21;1-2(3)4/h1-7,9-10,12,18,29H,8,11H2,(H3,25,26)(H,30,31,33);1H3,(H,3,4). The van der Waals surface area contributed by atoms with Gasteiger partial charge in [-0.2, -0.15) is 0 Å². The van der Waals surface area contributed by atoms with Crippen LogP contribution >= 0.6 is 0 Å². The van der Waals surface area contributed by atoms with Gasteiger partial charge in [-0.15, -0.1) is 9.78 Å². The number of aromatic nitrogens is 5. The second kappa shape index (κ2) is 12.7. The topological polar surface area (TPSA) is 185 Å². The van der Waals surface area contributed by atoms with Gasteiger partial charge in [0.1, 0.15) is 36.7 Å². The number of benzene rings is 2. The fourth-order valence-electron chi connectivity index (χ4n) is 3.20. The van der Waals surface area contributed by atoms with Crippen molar-refractivity contribution in [2.75, 3.05) is 18.6 Å². The van der Waals surface area contributed by atoms with Crippen molar-refractivity contribution in [2.45, 2.75) is 13.0 Å². The SMILES string of the molecule is CC(=O)O.N=C(N)c1ccc(NC(c2nn(-c3ncccn3)c(=O)[nH]2)c2cc(OCCF)ccc2F)cc1.